The number of amides is 1. The number of esters is 1. The van der Waals surface area contributed by atoms with Gasteiger partial charge in [-0.05, 0) is 57.7 Å². The minimum atomic E-state index is -4.95. The summed E-state index contributed by atoms with van der Waals surface area (Å²) in [5.41, 5.74) is -3.31. The van der Waals surface area contributed by atoms with E-state index in [4.69, 9.17) is 4.74 Å². The first-order chi connectivity index (χ1) is 15.0. The molecular weight excluding hydrogens is 458 g/mol. The number of likely N-dealkylation sites (tertiary alicyclic amines) is 1. The third-order valence-corrected chi connectivity index (χ3v) is 5.07. The summed E-state index contributed by atoms with van der Waals surface area (Å²) < 4.78 is 91.6. The standard InChI is InChI=1S/C21H26F6N2O4/c1-19(2,3)33-18(31)29-9-7-12(8-10-29)16(21(25,26)27)28-15-11-13(17(30)32-4)5-6-14(15)20(22,23)24/h5-6,11-12,16,28H,7-10H2,1-4H3. The van der Waals surface area contributed by atoms with E-state index >= 15 is 0 Å². The van der Waals surface area contributed by atoms with Crippen molar-refractivity contribution in [1.29, 1.82) is 0 Å². The Morgan fingerprint density at radius 3 is 2.09 bits per heavy atom. The Labute approximate surface area is 187 Å². The first-order valence-corrected chi connectivity index (χ1v) is 10.1. The topological polar surface area (TPSA) is 67.9 Å². The highest BCUT2D eigenvalue weighted by Crippen LogP contribution is 2.39. The fraction of sp³-hybridized carbons (Fsp3) is 0.619. The summed E-state index contributed by atoms with van der Waals surface area (Å²) in [6.45, 7) is 4.89. The summed E-state index contributed by atoms with van der Waals surface area (Å²) in [4.78, 5) is 25.1. The lowest BCUT2D eigenvalue weighted by atomic mass is 9.88. The Morgan fingerprint density at radius 2 is 1.64 bits per heavy atom. The van der Waals surface area contributed by atoms with Gasteiger partial charge < -0.3 is 19.7 Å². The van der Waals surface area contributed by atoms with Crippen molar-refractivity contribution in [2.75, 3.05) is 25.5 Å². The van der Waals surface area contributed by atoms with E-state index in [-0.39, 0.29) is 31.5 Å². The number of anilines is 1. The Kier molecular flexibility index (Phi) is 7.80. The van der Waals surface area contributed by atoms with Gasteiger partial charge >= 0.3 is 24.4 Å². The predicted octanol–water partition coefficient (Wildman–Crippen LogP) is 5.48. The van der Waals surface area contributed by atoms with Crippen molar-refractivity contribution in [3.8, 4) is 0 Å². The van der Waals surface area contributed by atoms with Crippen LogP contribution in [-0.2, 0) is 15.7 Å². The van der Waals surface area contributed by atoms with E-state index in [1.807, 2.05) is 5.32 Å². The summed E-state index contributed by atoms with van der Waals surface area (Å²) in [6.07, 6.45) is -10.7. The molecule has 1 unspecified atom stereocenters. The number of ether oxygens (including phenoxy) is 2. The SMILES string of the molecule is COC(=O)c1ccc(C(F)(F)F)c(NC(C2CCN(C(=O)OC(C)(C)C)CC2)C(F)(F)F)c1. The Balaban J connectivity index is 2.28. The molecule has 1 aliphatic rings. The molecule has 1 amide bonds. The van der Waals surface area contributed by atoms with E-state index in [0.29, 0.717) is 12.1 Å². The van der Waals surface area contributed by atoms with E-state index in [9.17, 15) is 35.9 Å². The van der Waals surface area contributed by atoms with Crippen molar-refractivity contribution >= 4 is 17.7 Å². The van der Waals surface area contributed by atoms with Crippen molar-refractivity contribution in [3.05, 3.63) is 29.3 Å². The van der Waals surface area contributed by atoms with Crippen LogP contribution in [0.4, 0.5) is 36.8 Å². The van der Waals surface area contributed by atoms with Gasteiger partial charge in [0.1, 0.15) is 11.6 Å². The van der Waals surface area contributed by atoms with Crippen LogP contribution in [0.3, 0.4) is 0 Å². The summed E-state index contributed by atoms with van der Waals surface area (Å²) in [5.74, 6) is -2.09. The van der Waals surface area contributed by atoms with Gasteiger partial charge in [0.25, 0.3) is 0 Å². The molecule has 2 rings (SSSR count). The van der Waals surface area contributed by atoms with E-state index in [0.717, 1.165) is 13.2 Å². The lowest BCUT2D eigenvalue weighted by Crippen LogP contribution is -2.49. The molecule has 1 heterocycles. The second-order valence-electron chi connectivity index (χ2n) is 8.72. The van der Waals surface area contributed by atoms with Crippen molar-refractivity contribution < 1.29 is 45.4 Å². The number of alkyl halides is 6. The smallest absolute Gasteiger partial charge is 0.418 e. The van der Waals surface area contributed by atoms with Gasteiger partial charge in [-0.25, -0.2) is 9.59 Å². The van der Waals surface area contributed by atoms with Crippen LogP contribution >= 0.6 is 0 Å². The molecule has 1 aromatic carbocycles. The highest BCUT2D eigenvalue weighted by Gasteiger charge is 2.47. The molecule has 0 aliphatic carbocycles. The summed E-state index contributed by atoms with van der Waals surface area (Å²) in [5, 5.41) is 1.98. The van der Waals surface area contributed by atoms with Crippen LogP contribution in [0.25, 0.3) is 0 Å². The number of nitrogens with zero attached hydrogens (tertiary/aromatic N) is 1. The van der Waals surface area contributed by atoms with Gasteiger partial charge in [-0.1, -0.05) is 0 Å². The summed E-state index contributed by atoms with van der Waals surface area (Å²) in [6, 6.07) is -0.259. The Hall–Kier alpha value is -2.66. The average molecular weight is 484 g/mol. The molecule has 1 fully saturated rings. The molecule has 0 saturated carbocycles. The van der Waals surface area contributed by atoms with Crippen LogP contribution in [0.1, 0.15) is 49.5 Å². The molecule has 1 atom stereocenters. The van der Waals surface area contributed by atoms with E-state index < -0.39 is 53.2 Å². The van der Waals surface area contributed by atoms with Gasteiger partial charge in [-0.15, -0.1) is 0 Å². The molecule has 0 radical (unpaired) electrons. The van der Waals surface area contributed by atoms with Crippen LogP contribution in [0.5, 0.6) is 0 Å². The minimum absolute atomic E-state index is 0.0395. The fourth-order valence-corrected chi connectivity index (χ4v) is 3.53. The zero-order chi connectivity index (χ0) is 25.2. The van der Waals surface area contributed by atoms with E-state index in [1.165, 1.54) is 4.90 Å². The van der Waals surface area contributed by atoms with Crippen LogP contribution in [0.2, 0.25) is 0 Å². The van der Waals surface area contributed by atoms with Crippen molar-refractivity contribution in [2.24, 2.45) is 5.92 Å². The zero-order valence-electron chi connectivity index (χ0n) is 18.6. The highest BCUT2D eigenvalue weighted by atomic mass is 19.4. The number of rotatable bonds is 4. The highest BCUT2D eigenvalue weighted by molar-refractivity contribution is 5.90. The van der Waals surface area contributed by atoms with E-state index in [2.05, 4.69) is 4.74 Å². The lowest BCUT2D eigenvalue weighted by Gasteiger charge is -2.38. The van der Waals surface area contributed by atoms with Gasteiger partial charge in [0.15, 0.2) is 0 Å². The van der Waals surface area contributed by atoms with Crippen LogP contribution in [0.15, 0.2) is 18.2 Å². The third kappa shape index (κ3) is 7.16. The van der Waals surface area contributed by atoms with Gasteiger partial charge in [0.05, 0.1) is 18.2 Å². The maximum atomic E-state index is 13.9. The number of carbonyl (C=O) groups is 2. The summed E-state index contributed by atoms with van der Waals surface area (Å²) in [7, 11) is 1.00. The number of halogens is 6. The molecule has 6 nitrogen and oxygen atoms in total. The first kappa shape index (κ1) is 26.6. The number of carbonyl (C=O) groups excluding carboxylic acids is 2. The van der Waals surface area contributed by atoms with Gasteiger partial charge in [-0.3, -0.25) is 0 Å². The number of methoxy groups -OCH3 is 1. The molecule has 1 saturated heterocycles. The van der Waals surface area contributed by atoms with Crippen molar-refractivity contribution in [1.82, 2.24) is 4.90 Å². The van der Waals surface area contributed by atoms with E-state index in [1.54, 1.807) is 20.8 Å². The second-order valence-corrected chi connectivity index (χ2v) is 8.72. The minimum Gasteiger partial charge on any atom is -0.465 e. The molecule has 1 aliphatic heterocycles. The number of nitrogens with one attached hydrogen (secondary N) is 1. The molecule has 0 bridgehead atoms. The van der Waals surface area contributed by atoms with Crippen LogP contribution < -0.4 is 5.32 Å². The molecule has 33 heavy (non-hydrogen) atoms. The maximum Gasteiger partial charge on any atom is 0.418 e. The Morgan fingerprint density at radius 1 is 1.06 bits per heavy atom. The largest absolute Gasteiger partial charge is 0.465 e. The molecule has 1 N–H and O–H groups in total. The lowest BCUT2D eigenvalue weighted by molar-refractivity contribution is -0.157. The van der Waals surface area contributed by atoms with Crippen molar-refractivity contribution in [3.63, 3.8) is 0 Å². The maximum absolute atomic E-state index is 13.9. The predicted molar refractivity (Wildman–Crippen MR) is 107 cm³/mol. The normalized spacial score (nSPS) is 16.8. The molecule has 0 spiro atoms. The number of hydrogen-bond acceptors (Lipinski definition) is 5. The average Bonchev–Trinajstić information content (AvgIpc) is 2.68. The molecule has 0 aromatic heterocycles. The van der Waals surface area contributed by atoms with Crippen LogP contribution in [-0.4, -0.2) is 55.0 Å². The molecule has 1 aromatic rings. The van der Waals surface area contributed by atoms with Gasteiger partial charge in [-0.2, -0.15) is 26.3 Å². The molecule has 12 heteroatoms. The summed E-state index contributed by atoms with van der Waals surface area (Å²) >= 11 is 0. The van der Waals surface area contributed by atoms with Gasteiger partial charge in [0.2, 0.25) is 0 Å². The number of benzene rings is 1. The first-order valence-electron chi connectivity index (χ1n) is 10.1. The quantitative estimate of drug-likeness (QED) is 0.453. The second kappa shape index (κ2) is 9.68. The zero-order valence-corrected chi connectivity index (χ0v) is 18.6. The fourth-order valence-electron chi connectivity index (χ4n) is 3.53. The molecule has 186 valence electrons. The monoisotopic (exact) mass is 484 g/mol. The Bertz CT molecular complexity index is 856. The molecular formula is C21H26F6N2O4. The number of hydrogen-bond donors (Lipinski definition) is 1. The third-order valence-electron chi connectivity index (χ3n) is 5.07. The van der Waals surface area contributed by atoms with Gasteiger partial charge in [0, 0.05) is 18.8 Å². The van der Waals surface area contributed by atoms with Crippen molar-refractivity contribution in [2.45, 2.75) is 57.6 Å². The number of piperidine rings is 1. The van der Waals surface area contributed by atoms with Crippen LogP contribution in [0, 0.1) is 5.92 Å².